The summed E-state index contributed by atoms with van der Waals surface area (Å²) in [6.07, 6.45) is 40.2. The number of carbonyl (C=O) groups excluding carboxylic acids is 4. The molecule has 17 nitrogen and oxygen atoms in total. The highest BCUT2D eigenvalue weighted by atomic mass is 31.2. The first-order valence-corrected chi connectivity index (χ1v) is 36.2. The molecule has 3 N–H and O–H groups in total. The van der Waals surface area contributed by atoms with E-state index in [9.17, 15) is 43.2 Å². The van der Waals surface area contributed by atoms with Gasteiger partial charge in [-0.05, 0) is 31.6 Å². The van der Waals surface area contributed by atoms with Crippen molar-refractivity contribution >= 4 is 39.5 Å². The number of phosphoric ester groups is 2. The van der Waals surface area contributed by atoms with Gasteiger partial charge in [-0.1, -0.05) is 266 Å². The van der Waals surface area contributed by atoms with Crippen molar-refractivity contribution in [2.24, 2.45) is 5.92 Å². The van der Waals surface area contributed by atoms with Crippen LogP contribution in [0.15, 0.2) is 0 Å². The van der Waals surface area contributed by atoms with Crippen molar-refractivity contribution in [2.75, 3.05) is 39.6 Å². The molecule has 0 aliphatic heterocycles. The first-order chi connectivity index (χ1) is 39.6. The van der Waals surface area contributed by atoms with Gasteiger partial charge in [-0.3, -0.25) is 37.3 Å². The summed E-state index contributed by atoms with van der Waals surface area (Å²) in [6, 6.07) is 0. The van der Waals surface area contributed by atoms with Crippen LogP contribution in [0.5, 0.6) is 0 Å². The Hall–Kier alpha value is -1.94. The van der Waals surface area contributed by atoms with Gasteiger partial charge in [0.05, 0.1) is 26.4 Å². The van der Waals surface area contributed by atoms with Crippen LogP contribution in [-0.4, -0.2) is 96.7 Å². The molecule has 0 radical (unpaired) electrons. The van der Waals surface area contributed by atoms with Gasteiger partial charge in [0.1, 0.15) is 19.3 Å². The summed E-state index contributed by atoms with van der Waals surface area (Å²) in [5, 5.41) is 10.5. The van der Waals surface area contributed by atoms with E-state index in [0.717, 1.165) is 109 Å². The van der Waals surface area contributed by atoms with Crippen LogP contribution in [0.2, 0.25) is 0 Å². The molecule has 0 saturated heterocycles. The maximum atomic E-state index is 13.0. The largest absolute Gasteiger partial charge is 0.472 e. The van der Waals surface area contributed by atoms with E-state index in [1.165, 1.54) is 128 Å². The van der Waals surface area contributed by atoms with Gasteiger partial charge in [0.25, 0.3) is 0 Å². The Balaban J connectivity index is 5.22. The molecule has 0 aromatic heterocycles. The second-order valence-corrected chi connectivity index (χ2v) is 25.9. The number of phosphoric acid groups is 2. The predicted octanol–water partition coefficient (Wildman–Crippen LogP) is 17.4. The van der Waals surface area contributed by atoms with E-state index in [2.05, 4.69) is 34.6 Å². The van der Waals surface area contributed by atoms with Gasteiger partial charge in [-0.2, -0.15) is 0 Å². The lowest BCUT2D eigenvalue weighted by atomic mass is 9.99. The molecule has 0 aliphatic carbocycles. The SMILES string of the molecule is CCCCCCCCCCCCCCC(=O)OC[C@H](COP(=O)(O)OC[C@@H](O)COP(=O)(O)OC[C@@H](COC(=O)CCCCCCCCC)OC(=O)CCCCCCCCCCCCC)OC(=O)CCCCCCCCCCC(C)CC. The van der Waals surface area contributed by atoms with Crippen molar-refractivity contribution in [3.63, 3.8) is 0 Å². The topological polar surface area (TPSA) is 237 Å². The van der Waals surface area contributed by atoms with Crippen LogP contribution in [0.1, 0.15) is 317 Å². The van der Waals surface area contributed by atoms with E-state index in [-0.39, 0.29) is 25.7 Å². The van der Waals surface area contributed by atoms with Crippen LogP contribution < -0.4 is 0 Å². The van der Waals surface area contributed by atoms with Crippen molar-refractivity contribution < 1.29 is 80.2 Å². The van der Waals surface area contributed by atoms with Crippen LogP contribution >= 0.6 is 15.6 Å². The fourth-order valence-electron chi connectivity index (χ4n) is 9.37. The van der Waals surface area contributed by atoms with Gasteiger partial charge in [0, 0.05) is 25.7 Å². The zero-order valence-corrected chi connectivity index (χ0v) is 54.4. The molecular formula is C63H122O17P2. The van der Waals surface area contributed by atoms with Crippen molar-refractivity contribution in [1.29, 1.82) is 0 Å². The number of hydrogen-bond donors (Lipinski definition) is 3. The van der Waals surface area contributed by atoms with Crippen molar-refractivity contribution in [1.82, 2.24) is 0 Å². The number of esters is 4. The maximum absolute atomic E-state index is 13.0. The minimum absolute atomic E-state index is 0.105. The summed E-state index contributed by atoms with van der Waals surface area (Å²) in [5.74, 6) is -1.37. The molecular weight excluding hydrogens is 1090 g/mol. The number of hydrogen-bond acceptors (Lipinski definition) is 15. The van der Waals surface area contributed by atoms with Gasteiger partial charge in [-0.15, -0.1) is 0 Å². The van der Waals surface area contributed by atoms with E-state index in [4.69, 9.17) is 37.0 Å². The van der Waals surface area contributed by atoms with Gasteiger partial charge >= 0.3 is 39.5 Å². The Morgan fingerprint density at radius 1 is 0.341 bits per heavy atom. The molecule has 0 heterocycles. The standard InChI is InChI=1S/C63H122O17P2/c1-6-10-13-16-19-21-23-25-26-32-37-42-47-61(66)74-53-59(80-63(68)49-44-39-34-29-28-31-35-40-45-56(5)9-4)55-78-82(71,72)76-51-57(64)50-75-81(69,70)77-54-58(52-73-60(65)46-41-36-30-18-15-12-8-3)79-62(67)48-43-38-33-27-24-22-20-17-14-11-7-2/h56-59,64H,6-55H2,1-5H3,(H,69,70)(H,71,72)/t56?,57-,58+,59+/m0/s1. The Kier molecular flexibility index (Phi) is 55.5. The van der Waals surface area contributed by atoms with Crippen LogP contribution in [-0.2, 0) is 65.4 Å². The van der Waals surface area contributed by atoms with E-state index in [0.29, 0.717) is 25.7 Å². The number of carbonyl (C=O) groups is 4. The minimum Gasteiger partial charge on any atom is -0.462 e. The zero-order chi connectivity index (χ0) is 60.6. The molecule has 0 fully saturated rings. The Morgan fingerprint density at radius 3 is 0.866 bits per heavy atom. The number of aliphatic hydroxyl groups is 1. The fraction of sp³-hybridized carbons (Fsp3) is 0.937. The van der Waals surface area contributed by atoms with E-state index < -0.39 is 97.5 Å². The Morgan fingerprint density at radius 2 is 0.585 bits per heavy atom. The number of rotatable bonds is 63. The highest BCUT2D eigenvalue weighted by Gasteiger charge is 2.30. The summed E-state index contributed by atoms with van der Waals surface area (Å²) < 4.78 is 67.9. The minimum atomic E-state index is -4.94. The molecule has 0 aliphatic rings. The zero-order valence-electron chi connectivity index (χ0n) is 52.6. The molecule has 19 heteroatoms. The lowest BCUT2D eigenvalue weighted by molar-refractivity contribution is -0.161. The number of ether oxygens (including phenoxy) is 4. The molecule has 82 heavy (non-hydrogen) atoms. The van der Waals surface area contributed by atoms with Crippen molar-refractivity contribution in [3.8, 4) is 0 Å². The number of unbranched alkanes of at least 4 members (excludes halogenated alkanes) is 34. The molecule has 0 bridgehead atoms. The molecule has 486 valence electrons. The smallest absolute Gasteiger partial charge is 0.462 e. The van der Waals surface area contributed by atoms with E-state index in [1.54, 1.807) is 0 Å². The van der Waals surface area contributed by atoms with Crippen molar-refractivity contribution in [3.05, 3.63) is 0 Å². The monoisotopic (exact) mass is 1210 g/mol. The van der Waals surface area contributed by atoms with Gasteiger partial charge in [0.15, 0.2) is 12.2 Å². The van der Waals surface area contributed by atoms with Crippen LogP contribution in [0.4, 0.5) is 0 Å². The van der Waals surface area contributed by atoms with E-state index in [1.807, 2.05) is 0 Å². The average molecular weight is 1210 g/mol. The first-order valence-electron chi connectivity index (χ1n) is 33.2. The highest BCUT2D eigenvalue weighted by molar-refractivity contribution is 7.47. The van der Waals surface area contributed by atoms with Crippen LogP contribution in [0, 0.1) is 5.92 Å². The lowest BCUT2D eigenvalue weighted by Gasteiger charge is -2.21. The molecule has 0 rings (SSSR count). The molecule has 0 saturated carbocycles. The lowest BCUT2D eigenvalue weighted by Crippen LogP contribution is -2.30. The molecule has 0 spiro atoms. The average Bonchev–Trinajstić information content (AvgIpc) is 3.46. The maximum Gasteiger partial charge on any atom is 0.472 e. The third-order valence-corrected chi connectivity index (χ3v) is 16.8. The highest BCUT2D eigenvalue weighted by Crippen LogP contribution is 2.45. The quantitative estimate of drug-likeness (QED) is 0.0222. The van der Waals surface area contributed by atoms with Crippen molar-refractivity contribution in [2.45, 2.75) is 335 Å². The second kappa shape index (κ2) is 56.8. The normalized spacial score (nSPS) is 14.6. The molecule has 0 amide bonds. The molecule has 0 aromatic carbocycles. The van der Waals surface area contributed by atoms with E-state index >= 15 is 0 Å². The molecule has 3 unspecified atom stereocenters. The predicted molar refractivity (Wildman–Crippen MR) is 326 cm³/mol. The fourth-order valence-corrected chi connectivity index (χ4v) is 11.0. The summed E-state index contributed by atoms with van der Waals surface area (Å²) >= 11 is 0. The van der Waals surface area contributed by atoms with Gasteiger partial charge in [-0.25, -0.2) is 9.13 Å². The summed E-state index contributed by atoms with van der Waals surface area (Å²) in [5.41, 5.74) is 0. The third kappa shape index (κ3) is 55.9. The van der Waals surface area contributed by atoms with Crippen LogP contribution in [0.25, 0.3) is 0 Å². The summed E-state index contributed by atoms with van der Waals surface area (Å²) in [7, 11) is -9.88. The molecule has 6 atom stereocenters. The van der Waals surface area contributed by atoms with Crippen LogP contribution in [0.3, 0.4) is 0 Å². The third-order valence-electron chi connectivity index (χ3n) is 14.9. The summed E-state index contributed by atoms with van der Waals surface area (Å²) in [6.45, 7) is 7.14. The first kappa shape index (κ1) is 80.1. The van der Waals surface area contributed by atoms with Gasteiger partial charge < -0.3 is 33.8 Å². The number of aliphatic hydroxyl groups excluding tert-OH is 1. The van der Waals surface area contributed by atoms with Gasteiger partial charge in [0.2, 0.25) is 0 Å². The second-order valence-electron chi connectivity index (χ2n) is 23.0. The molecule has 0 aromatic rings. The Labute approximate surface area is 498 Å². The summed E-state index contributed by atoms with van der Waals surface area (Å²) in [4.78, 5) is 72.1. The Bertz CT molecular complexity index is 1600.